The van der Waals surface area contributed by atoms with Gasteiger partial charge in [-0.2, -0.15) is 0 Å². The maximum Gasteiger partial charge on any atom is 0.254 e. The van der Waals surface area contributed by atoms with Gasteiger partial charge >= 0.3 is 0 Å². The molecule has 1 saturated heterocycles. The monoisotopic (exact) mass is 284 g/mol. The maximum atomic E-state index is 13.5. The summed E-state index contributed by atoms with van der Waals surface area (Å²) < 4.78 is 13.5. The molecule has 0 aromatic heterocycles. The van der Waals surface area contributed by atoms with E-state index in [2.05, 4.69) is 10.6 Å². The van der Waals surface area contributed by atoms with Gasteiger partial charge in [-0.1, -0.05) is 11.6 Å². The smallest absolute Gasteiger partial charge is 0.254 e. The minimum absolute atomic E-state index is 0.00858. The van der Waals surface area contributed by atoms with Gasteiger partial charge in [-0.25, -0.2) is 4.39 Å². The van der Waals surface area contributed by atoms with Crippen LogP contribution in [0, 0.1) is 11.7 Å². The van der Waals surface area contributed by atoms with Gasteiger partial charge in [-0.3, -0.25) is 4.79 Å². The maximum absolute atomic E-state index is 13.5. The van der Waals surface area contributed by atoms with E-state index in [1.165, 1.54) is 31.0 Å². The van der Waals surface area contributed by atoms with Gasteiger partial charge in [0.05, 0.1) is 5.56 Å². The first-order chi connectivity index (χ1) is 9.16. The predicted molar refractivity (Wildman–Crippen MR) is 74.0 cm³/mol. The van der Waals surface area contributed by atoms with E-state index in [0.717, 1.165) is 19.5 Å². The minimum Gasteiger partial charge on any atom is -0.352 e. The molecule has 5 heteroatoms. The number of carbonyl (C=O) groups excluding carboxylic acids is 1. The summed E-state index contributed by atoms with van der Waals surface area (Å²) in [5, 5.41) is 6.44. The number of rotatable bonds is 4. The van der Waals surface area contributed by atoms with Crippen LogP contribution < -0.4 is 10.6 Å². The highest BCUT2D eigenvalue weighted by atomic mass is 35.5. The molecule has 1 aromatic carbocycles. The van der Waals surface area contributed by atoms with E-state index in [-0.39, 0.29) is 5.56 Å². The molecule has 0 bridgehead atoms. The standard InChI is InChI=1S/C14H18ClFN2O/c15-11-3-4-13(16)12(8-11)14(19)18-7-5-10-2-1-6-17-9-10/h3-4,8,10,17H,1-2,5-7,9H2,(H,18,19). The molecule has 2 rings (SSSR count). The Hall–Kier alpha value is -1.13. The molecular weight excluding hydrogens is 267 g/mol. The summed E-state index contributed by atoms with van der Waals surface area (Å²) in [5.74, 6) is -0.344. The highest BCUT2D eigenvalue weighted by molar-refractivity contribution is 6.30. The highest BCUT2D eigenvalue weighted by Gasteiger charge is 2.15. The number of hydrogen-bond donors (Lipinski definition) is 2. The van der Waals surface area contributed by atoms with Crippen LogP contribution in [-0.4, -0.2) is 25.5 Å². The second-order valence-electron chi connectivity index (χ2n) is 4.88. The number of carbonyl (C=O) groups is 1. The van der Waals surface area contributed by atoms with E-state index in [1.54, 1.807) is 0 Å². The fourth-order valence-electron chi connectivity index (χ4n) is 2.33. The molecule has 1 aliphatic heterocycles. The zero-order valence-corrected chi connectivity index (χ0v) is 11.5. The van der Waals surface area contributed by atoms with Crippen LogP contribution in [0.2, 0.25) is 5.02 Å². The molecule has 1 amide bonds. The average molecular weight is 285 g/mol. The fraction of sp³-hybridized carbons (Fsp3) is 0.500. The van der Waals surface area contributed by atoms with Crippen molar-refractivity contribution in [3.63, 3.8) is 0 Å². The Morgan fingerprint density at radius 3 is 3.11 bits per heavy atom. The van der Waals surface area contributed by atoms with Crippen molar-refractivity contribution in [1.29, 1.82) is 0 Å². The molecule has 2 N–H and O–H groups in total. The average Bonchev–Trinajstić information content (AvgIpc) is 2.42. The van der Waals surface area contributed by atoms with E-state index in [9.17, 15) is 9.18 Å². The van der Waals surface area contributed by atoms with Gasteiger partial charge in [0.2, 0.25) is 0 Å². The third-order valence-corrected chi connectivity index (χ3v) is 3.65. The topological polar surface area (TPSA) is 41.1 Å². The first-order valence-electron chi connectivity index (χ1n) is 6.61. The lowest BCUT2D eigenvalue weighted by atomic mass is 9.96. The molecule has 1 aromatic rings. The van der Waals surface area contributed by atoms with Gasteiger partial charge in [-0.15, -0.1) is 0 Å². The third-order valence-electron chi connectivity index (χ3n) is 3.41. The van der Waals surface area contributed by atoms with Gasteiger partial charge in [0.1, 0.15) is 5.82 Å². The van der Waals surface area contributed by atoms with E-state index in [0.29, 0.717) is 17.5 Å². The van der Waals surface area contributed by atoms with E-state index in [4.69, 9.17) is 11.6 Å². The minimum atomic E-state index is -0.541. The molecule has 19 heavy (non-hydrogen) atoms. The number of halogens is 2. The number of nitrogens with one attached hydrogen (secondary N) is 2. The second kappa shape index (κ2) is 6.87. The molecule has 1 unspecified atom stereocenters. The van der Waals surface area contributed by atoms with E-state index < -0.39 is 11.7 Å². The van der Waals surface area contributed by atoms with Crippen LogP contribution in [0.1, 0.15) is 29.6 Å². The zero-order valence-electron chi connectivity index (χ0n) is 10.7. The van der Waals surface area contributed by atoms with Gasteiger partial charge in [0.25, 0.3) is 5.91 Å². The fourth-order valence-corrected chi connectivity index (χ4v) is 2.50. The lowest BCUT2D eigenvalue weighted by molar-refractivity contribution is 0.0946. The first kappa shape index (κ1) is 14.3. The van der Waals surface area contributed by atoms with Crippen LogP contribution in [-0.2, 0) is 0 Å². The van der Waals surface area contributed by atoms with Crippen LogP contribution in [0.3, 0.4) is 0 Å². The Labute approximate surface area is 117 Å². The van der Waals surface area contributed by atoms with E-state index in [1.807, 2.05) is 0 Å². The van der Waals surface area contributed by atoms with Crippen molar-refractivity contribution in [2.45, 2.75) is 19.3 Å². The zero-order chi connectivity index (χ0) is 13.7. The van der Waals surface area contributed by atoms with Crippen LogP contribution in [0.5, 0.6) is 0 Å². The summed E-state index contributed by atoms with van der Waals surface area (Å²) >= 11 is 5.76. The first-order valence-corrected chi connectivity index (χ1v) is 6.98. The Morgan fingerprint density at radius 1 is 1.53 bits per heavy atom. The Bertz CT molecular complexity index is 447. The van der Waals surface area contributed by atoms with Gasteiger partial charge < -0.3 is 10.6 Å². The summed E-state index contributed by atoms with van der Waals surface area (Å²) in [4.78, 5) is 11.8. The molecule has 1 heterocycles. The molecule has 3 nitrogen and oxygen atoms in total. The van der Waals surface area contributed by atoms with Gasteiger partial charge in [0.15, 0.2) is 0 Å². The molecule has 0 aliphatic carbocycles. The highest BCUT2D eigenvalue weighted by Crippen LogP contribution is 2.15. The Kier molecular flexibility index (Phi) is 5.16. The summed E-state index contributed by atoms with van der Waals surface area (Å²) in [7, 11) is 0. The SMILES string of the molecule is O=C(NCCC1CCCNC1)c1cc(Cl)ccc1F. The molecule has 104 valence electrons. The molecule has 0 saturated carbocycles. The van der Waals surface area contributed by atoms with Crippen molar-refractivity contribution in [1.82, 2.24) is 10.6 Å². The van der Waals surface area contributed by atoms with E-state index >= 15 is 0 Å². The molecule has 1 aliphatic rings. The number of benzene rings is 1. The van der Waals surface area contributed by atoms with Crippen molar-refractivity contribution in [2.24, 2.45) is 5.92 Å². The second-order valence-corrected chi connectivity index (χ2v) is 5.32. The van der Waals surface area contributed by atoms with Gasteiger partial charge in [-0.05, 0) is 56.5 Å². The van der Waals surface area contributed by atoms with Crippen LogP contribution in [0.25, 0.3) is 0 Å². The summed E-state index contributed by atoms with van der Waals surface area (Å²) in [5.41, 5.74) is 0.00858. The van der Waals surface area contributed by atoms with Crippen LogP contribution in [0.15, 0.2) is 18.2 Å². The lowest BCUT2D eigenvalue weighted by Gasteiger charge is -2.22. The molecule has 1 atom stereocenters. The summed E-state index contributed by atoms with van der Waals surface area (Å²) in [6, 6.07) is 4.00. The Morgan fingerprint density at radius 2 is 2.37 bits per heavy atom. The summed E-state index contributed by atoms with van der Waals surface area (Å²) in [6.07, 6.45) is 3.29. The normalized spacial score (nSPS) is 19.2. The third kappa shape index (κ3) is 4.18. The molecule has 0 spiro atoms. The molecule has 1 fully saturated rings. The van der Waals surface area contributed by atoms with Crippen molar-refractivity contribution in [3.8, 4) is 0 Å². The Balaban J connectivity index is 1.82. The largest absolute Gasteiger partial charge is 0.352 e. The number of hydrogen-bond acceptors (Lipinski definition) is 2. The lowest BCUT2D eigenvalue weighted by Crippen LogP contribution is -2.33. The van der Waals surface area contributed by atoms with Crippen molar-refractivity contribution in [2.75, 3.05) is 19.6 Å². The van der Waals surface area contributed by atoms with Crippen molar-refractivity contribution >= 4 is 17.5 Å². The van der Waals surface area contributed by atoms with Crippen molar-refractivity contribution in [3.05, 3.63) is 34.6 Å². The van der Waals surface area contributed by atoms with Gasteiger partial charge in [0, 0.05) is 11.6 Å². The quantitative estimate of drug-likeness (QED) is 0.892. The predicted octanol–water partition coefficient (Wildman–Crippen LogP) is 2.60. The number of amides is 1. The van der Waals surface area contributed by atoms with Crippen LogP contribution in [0.4, 0.5) is 4.39 Å². The number of piperidine rings is 1. The van der Waals surface area contributed by atoms with Crippen molar-refractivity contribution < 1.29 is 9.18 Å². The van der Waals surface area contributed by atoms with Crippen LogP contribution >= 0.6 is 11.6 Å². The summed E-state index contributed by atoms with van der Waals surface area (Å²) in [6.45, 7) is 2.65. The molecular formula is C14H18ClFN2O. The molecule has 0 radical (unpaired) electrons.